The van der Waals surface area contributed by atoms with Crippen molar-refractivity contribution in [3.63, 3.8) is 0 Å². The number of methoxy groups -OCH3 is 1. The van der Waals surface area contributed by atoms with E-state index >= 15 is 0 Å². The zero-order chi connectivity index (χ0) is 18.2. The maximum absolute atomic E-state index is 12.3. The molecule has 0 aliphatic carbocycles. The molecular formula is C21H27ClN2O3. The van der Waals surface area contributed by atoms with E-state index in [1.54, 1.807) is 7.11 Å². The number of anilines is 1. The van der Waals surface area contributed by atoms with Gasteiger partial charge in [-0.3, -0.25) is 4.79 Å². The van der Waals surface area contributed by atoms with Gasteiger partial charge < -0.3 is 20.1 Å². The topological polar surface area (TPSA) is 59.6 Å². The van der Waals surface area contributed by atoms with E-state index in [4.69, 9.17) is 9.47 Å². The van der Waals surface area contributed by atoms with Crippen LogP contribution in [-0.2, 0) is 16.0 Å². The normalized spacial score (nSPS) is 16.3. The highest BCUT2D eigenvalue weighted by atomic mass is 35.5. The Morgan fingerprint density at radius 3 is 2.37 bits per heavy atom. The molecule has 1 fully saturated rings. The summed E-state index contributed by atoms with van der Waals surface area (Å²) in [6.45, 7) is 2.47. The predicted octanol–water partition coefficient (Wildman–Crippen LogP) is 4.03. The molecule has 1 heterocycles. The zero-order valence-electron chi connectivity index (χ0n) is 15.6. The van der Waals surface area contributed by atoms with Crippen LogP contribution >= 0.6 is 12.4 Å². The molecule has 0 radical (unpaired) electrons. The molecule has 3 rings (SSSR count). The summed E-state index contributed by atoms with van der Waals surface area (Å²) in [5, 5.41) is 6.25. The molecule has 2 N–H and O–H groups in total. The molecular weight excluding hydrogens is 364 g/mol. The van der Waals surface area contributed by atoms with Gasteiger partial charge in [-0.05, 0) is 67.8 Å². The number of hydrogen-bond donors (Lipinski definition) is 2. The van der Waals surface area contributed by atoms with Crippen molar-refractivity contribution in [2.45, 2.75) is 19.3 Å². The number of rotatable bonds is 7. The minimum Gasteiger partial charge on any atom is -0.457 e. The fourth-order valence-electron chi connectivity index (χ4n) is 3.01. The lowest BCUT2D eigenvalue weighted by Gasteiger charge is -2.21. The summed E-state index contributed by atoms with van der Waals surface area (Å²) in [5.41, 5.74) is 2.01. The summed E-state index contributed by atoms with van der Waals surface area (Å²) in [4.78, 5) is 12.3. The van der Waals surface area contributed by atoms with Gasteiger partial charge in [-0.2, -0.15) is 0 Å². The Kier molecular flexibility index (Phi) is 8.58. The van der Waals surface area contributed by atoms with Crippen LogP contribution in [0.3, 0.4) is 0 Å². The molecule has 0 saturated carbocycles. The van der Waals surface area contributed by atoms with Crippen molar-refractivity contribution in [1.29, 1.82) is 0 Å². The maximum Gasteiger partial charge on any atom is 0.228 e. The van der Waals surface area contributed by atoms with E-state index in [0.29, 0.717) is 6.61 Å². The van der Waals surface area contributed by atoms with E-state index in [1.807, 2.05) is 48.5 Å². The lowest BCUT2D eigenvalue weighted by molar-refractivity contribution is -0.120. The second-order valence-electron chi connectivity index (χ2n) is 6.55. The highest BCUT2D eigenvalue weighted by Crippen LogP contribution is 2.24. The Labute approximate surface area is 166 Å². The monoisotopic (exact) mass is 390 g/mol. The Balaban J connectivity index is 0.00000261. The van der Waals surface area contributed by atoms with E-state index in [1.165, 1.54) is 5.56 Å². The van der Waals surface area contributed by atoms with Crippen LogP contribution in [0.25, 0.3) is 0 Å². The minimum absolute atomic E-state index is 0. The number of piperidine rings is 1. The molecule has 0 bridgehead atoms. The first-order valence-corrected chi connectivity index (χ1v) is 9.12. The molecule has 2 aromatic rings. The van der Waals surface area contributed by atoms with Gasteiger partial charge in [0.1, 0.15) is 11.5 Å². The van der Waals surface area contributed by atoms with Crippen molar-refractivity contribution >= 4 is 24.0 Å². The highest BCUT2D eigenvalue weighted by Gasteiger charge is 2.20. The van der Waals surface area contributed by atoms with Crippen molar-refractivity contribution in [2.75, 3.05) is 32.1 Å². The predicted molar refractivity (Wildman–Crippen MR) is 110 cm³/mol. The second-order valence-corrected chi connectivity index (χ2v) is 6.55. The van der Waals surface area contributed by atoms with Gasteiger partial charge >= 0.3 is 0 Å². The quantitative estimate of drug-likeness (QED) is 0.749. The number of nitrogens with one attached hydrogen (secondary N) is 2. The maximum atomic E-state index is 12.3. The first-order valence-electron chi connectivity index (χ1n) is 9.12. The van der Waals surface area contributed by atoms with Gasteiger partial charge in [0.15, 0.2) is 0 Å². The third-order valence-corrected chi connectivity index (χ3v) is 4.54. The summed E-state index contributed by atoms with van der Waals surface area (Å²) in [6.07, 6.45) is 2.89. The molecule has 5 nitrogen and oxygen atoms in total. The first kappa shape index (κ1) is 21.2. The number of benzene rings is 2. The SMILES string of the molecule is COCCc1ccc(Oc2ccc(NC(=O)C3CCCNC3)cc2)cc1.Cl. The molecule has 0 spiro atoms. The van der Waals surface area contributed by atoms with E-state index < -0.39 is 0 Å². The Hall–Kier alpha value is -2.08. The van der Waals surface area contributed by atoms with Crippen LogP contribution in [0.4, 0.5) is 5.69 Å². The van der Waals surface area contributed by atoms with Crippen LogP contribution in [0.5, 0.6) is 11.5 Å². The number of carbonyl (C=O) groups is 1. The summed E-state index contributed by atoms with van der Waals surface area (Å²) in [5.74, 6) is 1.66. The second kappa shape index (κ2) is 10.9. The van der Waals surface area contributed by atoms with Gasteiger partial charge in [-0.25, -0.2) is 0 Å². The van der Waals surface area contributed by atoms with E-state index in [-0.39, 0.29) is 24.2 Å². The smallest absolute Gasteiger partial charge is 0.228 e. The summed E-state index contributed by atoms with van der Waals surface area (Å²) in [7, 11) is 1.70. The van der Waals surface area contributed by atoms with Crippen molar-refractivity contribution in [1.82, 2.24) is 5.32 Å². The zero-order valence-corrected chi connectivity index (χ0v) is 16.4. The molecule has 27 heavy (non-hydrogen) atoms. The van der Waals surface area contributed by atoms with Gasteiger partial charge in [0.25, 0.3) is 0 Å². The van der Waals surface area contributed by atoms with Crippen molar-refractivity contribution in [3.8, 4) is 11.5 Å². The molecule has 1 saturated heterocycles. The molecule has 1 atom stereocenters. The van der Waals surface area contributed by atoms with Crippen LogP contribution < -0.4 is 15.4 Å². The fourth-order valence-corrected chi connectivity index (χ4v) is 3.01. The number of carbonyl (C=O) groups excluding carboxylic acids is 1. The van der Waals surface area contributed by atoms with Crippen molar-refractivity contribution in [2.24, 2.45) is 5.92 Å². The van der Waals surface area contributed by atoms with Gasteiger partial charge in [0, 0.05) is 19.3 Å². The molecule has 6 heteroatoms. The molecule has 1 amide bonds. The van der Waals surface area contributed by atoms with Crippen LogP contribution in [0.2, 0.25) is 0 Å². The highest BCUT2D eigenvalue weighted by molar-refractivity contribution is 5.92. The number of halogens is 1. The molecule has 1 aliphatic heterocycles. The minimum atomic E-state index is 0. The Morgan fingerprint density at radius 2 is 1.78 bits per heavy atom. The Morgan fingerprint density at radius 1 is 1.11 bits per heavy atom. The lowest BCUT2D eigenvalue weighted by atomic mass is 9.99. The van der Waals surface area contributed by atoms with Crippen LogP contribution in [0, 0.1) is 5.92 Å². The molecule has 0 aromatic heterocycles. The molecule has 1 unspecified atom stereocenters. The summed E-state index contributed by atoms with van der Waals surface area (Å²) in [6, 6.07) is 15.5. The van der Waals surface area contributed by atoms with E-state index in [2.05, 4.69) is 10.6 Å². The fraction of sp³-hybridized carbons (Fsp3) is 0.381. The van der Waals surface area contributed by atoms with Crippen LogP contribution in [-0.4, -0.2) is 32.7 Å². The molecule has 146 valence electrons. The van der Waals surface area contributed by atoms with E-state index in [0.717, 1.165) is 49.5 Å². The van der Waals surface area contributed by atoms with Gasteiger partial charge in [-0.15, -0.1) is 12.4 Å². The van der Waals surface area contributed by atoms with Crippen LogP contribution in [0.1, 0.15) is 18.4 Å². The average Bonchev–Trinajstić information content (AvgIpc) is 2.69. The summed E-state index contributed by atoms with van der Waals surface area (Å²) >= 11 is 0. The first-order chi connectivity index (χ1) is 12.7. The summed E-state index contributed by atoms with van der Waals surface area (Å²) < 4.78 is 10.9. The van der Waals surface area contributed by atoms with E-state index in [9.17, 15) is 4.79 Å². The third kappa shape index (κ3) is 6.54. The number of amides is 1. The molecule has 2 aromatic carbocycles. The van der Waals surface area contributed by atoms with Gasteiger partial charge in [-0.1, -0.05) is 12.1 Å². The largest absolute Gasteiger partial charge is 0.457 e. The number of ether oxygens (including phenoxy) is 2. The third-order valence-electron chi connectivity index (χ3n) is 4.54. The molecule has 1 aliphatic rings. The van der Waals surface area contributed by atoms with Gasteiger partial charge in [0.05, 0.1) is 12.5 Å². The van der Waals surface area contributed by atoms with Crippen LogP contribution in [0.15, 0.2) is 48.5 Å². The Bertz CT molecular complexity index is 698. The lowest BCUT2D eigenvalue weighted by Crippen LogP contribution is -2.37. The van der Waals surface area contributed by atoms with Crippen molar-refractivity contribution < 1.29 is 14.3 Å². The number of hydrogen-bond acceptors (Lipinski definition) is 4. The standard InChI is InChI=1S/C21H26N2O3.ClH/c1-25-14-12-16-4-8-19(9-5-16)26-20-10-6-18(7-11-20)23-21(24)17-3-2-13-22-15-17;/h4-11,17,22H,2-3,12-15H2,1H3,(H,23,24);1H. The average molecular weight is 391 g/mol. The van der Waals surface area contributed by atoms with Crippen molar-refractivity contribution in [3.05, 3.63) is 54.1 Å². The van der Waals surface area contributed by atoms with Gasteiger partial charge in [0.2, 0.25) is 5.91 Å².